The van der Waals surface area contributed by atoms with Crippen molar-refractivity contribution in [2.24, 2.45) is 21.7 Å². The molecule has 0 spiro atoms. The van der Waals surface area contributed by atoms with Crippen molar-refractivity contribution in [2.75, 3.05) is 0 Å². The lowest BCUT2D eigenvalue weighted by molar-refractivity contribution is -0.274. The largest absolute Gasteiger partial charge is 0.481 e. The van der Waals surface area contributed by atoms with E-state index in [-0.39, 0.29) is 5.78 Å². The predicted octanol–water partition coefficient (Wildman–Crippen LogP) is 9.57. The Bertz CT molecular complexity index is 1170. The molecule has 0 aromatic rings. The molecule has 0 heterocycles. The normalized spacial score (nSPS) is 21.9. The molecule has 52 heavy (non-hydrogen) atoms. The number of aliphatic hydroxyl groups is 1. The molecule has 4 aliphatic carbocycles. The summed E-state index contributed by atoms with van der Waals surface area (Å²) in [6.45, 7) is 0. The van der Waals surface area contributed by atoms with Crippen molar-refractivity contribution in [3.05, 3.63) is 0 Å². The van der Waals surface area contributed by atoms with E-state index in [1.54, 1.807) is 0 Å². The van der Waals surface area contributed by atoms with Gasteiger partial charge in [-0.05, 0) is 103 Å². The first kappa shape index (κ1) is 42.3. The number of rotatable bonds is 24. The maximum atomic E-state index is 13.4. The molecule has 0 radical (unpaired) electrons. The summed E-state index contributed by atoms with van der Waals surface area (Å²) >= 11 is 0. The van der Waals surface area contributed by atoms with Crippen LogP contribution in [0.25, 0.3) is 0 Å². The Morgan fingerprint density at radius 3 is 1.06 bits per heavy atom. The van der Waals surface area contributed by atoms with Gasteiger partial charge in [-0.15, -0.1) is 0 Å². The summed E-state index contributed by atoms with van der Waals surface area (Å²) in [5, 5.41) is 29.9. The quantitative estimate of drug-likeness (QED) is 0.0494. The fourth-order valence-corrected chi connectivity index (χ4v) is 10.2. The second kappa shape index (κ2) is 20.3. The first-order chi connectivity index (χ1) is 25.0. The van der Waals surface area contributed by atoms with E-state index in [4.69, 9.17) is 9.78 Å². The minimum Gasteiger partial charge on any atom is -0.481 e. The summed E-state index contributed by atoms with van der Waals surface area (Å²) in [7, 11) is 0. The van der Waals surface area contributed by atoms with Crippen molar-refractivity contribution < 1.29 is 49.1 Å². The van der Waals surface area contributed by atoms with E-state index >= 15 is 0 Å². The summed E-state index contributed by atoms with van der Waals surface area (Å²) in [5.74, 6) is -2.10. The SMILES string of the molecule is O=C(CCCCC1(C(=O)O)CCCC1)CCCCC1(C(=O)OOC(=O)C2(CCCCC(O)CCCCC3(C(=O)O)CCCC3)CCCC2)CCCC1. The summed E-state index contributed by atoms with van der Waals surface area (Å²) in [6.07, 6.45) is 23.9. The molecule has 4 aliphatic rings. The minimum atomic E-state index is -0.691. The van der Waals surface area contributed by atoms with E-state index in [2.05, 4.69) is 0 Å². The minimum absolute atomic E-state index is 0.189. The van der Waals surface area contributed by atoms with E-state index in [0.29, 0.717) is 83.5 Å². The van der Waals surface area contributed by atoms with Crippen LogP contribution in [0.2, 0.25) is 0 Å². The highest BCUT2D eigenvalue weighted by Gasteiger charge is 2.47. The van der Waals surface area contributed by atoms with Gasteiger partial charge >= 0.3 is 23.9 Å². The molecule has 4 rings (SSSR count). The Morgan fingerprint density at radius 1 is 0.442 bits per heavy atom. The molecule has 4 saturated carbocycles. The molecule has 1 atom stereocenters. The number of hydrogen-bond acceptors (Lipinski definition) is 8. The molecule has 3 N–H and O–H groups in total. The van der Waals surface area contributed by atoms with Gasteiger partial charge in [0.2, 0.25) is 0 Å². The molecule has 10 nitrogen and oxygen atoms in total. The Labute approximate surface area is 311 Å². The van der Waals surface area contributed by atoms with Crippen molar-refractivity contribution >= 4 is 29.7 Å². The average Bonchev–Trinajstić information content (AvgIpc) is 3.96. The third-order valence-electron chi connectivity index (χ3n) is 13.8. The number of carbonyl (C=O) groups is 5. The molecule has 0 aromatic heterocycles. The molecule has 0 aromatic carbocycles. The number of aliphatic hydroxyl groups excluding tert-OH is 1. The van der Waals surface area contributed by atoms with Crippen molar-refractivity contribution in [2.45, 2.75) is 212 Å². The van der Waals surface area contributed by atoms with E-state index in [1.807, 2.05) is 0 Å². The summed E-state index contributed by atoms with van der Waals surface area (Å²) < 4.78 is 0. The third kappa shape index (κ3) is 11.5. The average molecular weight is 733 g/mol. The van der Waals surface area contributed by atoms with Gasteiger partial charge in [-0.2, -0.15) is 0 Å². The number of carboxylic acid groups (broad SMARTS) is 2. The summed E-state index contributed by atoms with van der Waals surface area (Å²) in [4.78, 5) is 73.5. The molecule has 10 heteroatoms. The van der Waals surface area contributed by atoms with Crippen LogP contribution < -0.4 is 0 Å². The van der Waals surface area contributed by atoms with Crippen LogP contribution in [0.15, 0.2) is 0 Å². The number of carbonyl (C=O) groups excluding carboxylic acids is 3. The third-order valence-corrected chi connectivity index (χ3v) is 13.8. The van der Waals surface area contributed by atoms with Crippen molar-refractivity contribution in [1.82, 2.24) is 0 Å². The number of hydrogen-bond donors (Lipinski definition) is 3. The monoisotopic (exact) mass is 732 g/mol. The van der Waals surface area contributed by atoms with Gasteiger partial charge in [-0.25, -0.2) is 19.4 Å². The van der Waals surface area contributed by atoms with Crippen molar-refractivity contribution in [3.63, 3.8) is 0 Å². The maximum Gasteiger partial charge on any atom is 0.361 e. The van der Waals surface area contributed by atoms with Gasteiger partial charge in [-0.3, -0.25) is 14.4 Å². The Balaban J connectivity index is 1.11. The first-order valence-corrected chi connectivity index (χ1v) is 21.1. The van der Waals surface area contributed by atoms with Crippen LogP contribution in [0, 0.1) is 21.7 Å². The Kier molecular flexibility index (Phi) is 16.5. The van der Waals surface area contributed by atoms with Crippen LogP contribution >= 0.6 is 0 Å². The Hall–Kier alpha value is -2.49. The van der Waals surface area contributed by atoms with Crippen LogP contribution in [0.1, 0.15) is 205 Å². The molecular formula is C42H68O10. The zero-order chi connectivity index (χ0) is 37.5. The number of unbranched alkanes of at least 4 members (excludes halogenated alkanes) is 4. The lowest BCUT2D eigenvalue weighted by atomic mass is 9.80. The zero-order valence-corrected chi connectivity index (χ0v) is 31.9. The van der Waals surface area contributed by atoms with Crippen molar-refractivity contribution in [3.8, 4) is 0 Å². The highest BCUT2D eigenvalue weighted by molar-refractivity contribution is 5.81. The molecule has 4 fully saturated rings. The second-order valence-corrected chi connectivity index (χ2v) is 17.4. The van der Waals surface area contributed by atoms with Gasteiger partial charge in [0.05, 0.1) is 27.8 Å². The van der Waals surface area contributed by atoms with Gasteiger partial charge in [0.25, 0.3) is 0 Å². The van der Waals surface area contributed by atoms with Crippen molar-refractivity contribution in [1.29, 1.82) is 0 Å². The molecule has 0 amide bonds. The van der Waals surface area contributed by atoms with E-state index < -0.39 is 51.6 Å². The van der Waals surface area contributed by atoms with Gasteiger partial charge in [0.15, 0.2) is 0 Å². The second-order valence-electron chi connectivity index (χ2n) is 17.4. The number of ketones is 1. The Morgan fingerprint density at radius 2 is 0.731 bits per heavy atom. The topological polar surface area (TPSA) is 164 Å². The van der Waals surface area contributed by atoms with Gasteiger partial charge in [0.1, 0.15) is 5.78 Å². The summed E-state index contributed by atoms with van der Waals surface area (Å²) in [5.41, 5.74) is -2.49. The van der Waals surface area contributed by atoms with E-state index in [9.17, 15) is 39.3 Å². The molecule has 0 saturated heterocycles. The molecule has 1 unspecified atom stereocenters. The number of aliphatic carboxylic acids is 2. The van der Waals surface area contributed by atoms with Crippen LogP contribution in [0.4, 0.5) is 0 Å². The smallest absolute Gasteiger partial charge is 0.361 e. The number of carboxylic acids is 2. The highest BCUT2D eigenvalue weighted by Crippen LogP contribution is 2.47. The standard InChI is InChI=1S/C42H68O10/c43-33(17-1-5-21-39(35(45)46)23-9-10-24-39)19-3-7-27-41(29-13-14-30-41)37(49)51-52-38(50)42(31-15-16-32-42)28-8-4-20-34(44)18-2-6-22-40(36(47)48)25-11-12-26-40/h33,43H,1-32H2,(H,45,46)(H,47,48). The molecular weight excluding hydrogens is 664 g/mol. The highest BCUT2D eigenvalue weighted by atomic mass is 17.2. The fraction of sp³-hybridized carbons (Fsp3) is 0.881. The van der Waals surface area contributed by atoms with Crippen LogP contribution in [0.5, 0.6) is 0 Å². The molecule has 0 bridgehead atoms. The van der Waals surface area contributed by atoms with Crippen LogP contribution in [-0.2, 0) is 33.7 Å². The van der Waals surface area contributed by atoms with Gasteiger partial charge < -0.3 is 15.3 Å². The molecule has 296 valence electrons. The maximum absolute atomic E-state index is 13.4. The fourth-order valence-electron chi connectivity index (χ4n) is 10.2. The number of Topliss-reactive ketones (excluding diaryl/α,β-unsaturated/α-hetero) is 1. The predicted molar refractivity (Wildman–Crippen MR) is 196 cm³/mol. The van der Waals surface area contributed by atoms with Gasteiger partial charge in [0, 0.05) is 12.8 Å². The lowest BCUT2D eigenvalue weighted by Gasteiger charge is -2.28. The summed E-state index contributed by atoms with van der Waals surface area (Å²) in [6, 6.07) is 0. The van der Waals surface area contributed by atoms with Gasteiger partial charge in [-0.1, -0.05) is 89.9 Å². The van der Waals surface area contributed by atoms with E-state index in [0.717, 1.165) is 122 Å². The lowest BCUT2D eigenvalue weighted by Crippen LogP contribution is -2.35. The first-order valence-electron chi connectivity index (χ1n) is 21.1. The van der Waals surface area contributed by atoms with E-state index in [1.165, 1.54) is 0 Å². The molecule has 0 aliphatic heterocycles. The zero-order valence-electron chi connectivity index (χ0n) is 31.9. The van der Waals surface area contributed by atoms with Crippen LogP contribution in [0.3, 0.4) is 0 Å². The van der Waals surface area contributed by atoms with Crippen LogP contribution in [-0.4, -0.2) is 51.1 Å².